The lowest BCUT2D eigenvalue weighted by molar-refractivity contribution is -0.282. The van der Waals surface area contributed by atoms with Gasteiger partial charge in [0.25, 0.3) is 0 Å². The SMILES string of the molecule is CO[C@H](O)[C@@]1(O)CC23CC[C@@H]4C(C)(C)CCC[C@@]4(C)[C@]2(O)C(=O)[C@H](O)[C@@]1(O)C3. The number of fused-ring (bicyclic) bond motifs is 3. The van der Waals surface area contributed by atoms with Crippen LogP contribution in [0.25, 0.3) is 0 Å². The number of aliphatic hydroxyl groups excluding tert-OH is 2. The zero-order valence-electron chi connectivity index (χ0n) is 17.2. The van der Waals surface area contributed by atoms with Gasteiger partial charge in [-0.1, -0.05) is 27.2 Å². The second kappa shape index (κ2) is 5.56. The van der Waals surface area contributed by atoms with Gasteiger partial charge in [0.15, 0.2) is 12.1 Å². The Labute approximate surface area is 165 Å². The summed E-state index contributed by atoms with van der Waals surface area (Å²) in [5.74, 6) is -0.752. The van der Waals surface area contributed by atoms with Gasteiger partial charge in [-0.2, -0.15) is 0 Å². The van der Waals surface area contributed by atoms with E-state index in [0.717, 1.165) is 19.3 Å². The standard InChI is InChI=1S/C21H34O7/c1-16(2)7-5-8-17(3)12(16)6-9-18-10-19(25,13(22)14(23)21(17,18)27)20(26,11-18)15(24)28-4/h12-13,15,22,24-27H,5-11H2,1-4H3/t12-,13+,15+,17-,18?,19+,20+,21-/m1/s1. The first-order chi connectivity index (χ1) is 12.8. The number of methoxy groups -OCH3 is 1. The van der Waals surface area contributed by atoms with Gasteiger partial charge >= 0.3 is 0 Å². The molecule has 4 fully saturated rings. The monoisotopic (exact) mass is 398 g/mol. The van der Waals surface area contributed by atoms with Crippen LogP contribution >= 0.6 is 0 Å². The molecule has 7 nitrogen and oxygen atoms in total. The van der Waals surface area contributed by atoms with Gasteiger partial charge in [0.05, 0.1) is 0 Å². The lowest BCUT2D eigenvalue weighted by Crippen LogP contribution is -2.76. The number of carbonyl (C=O) groups is 1. The average Bonchev–Trinajstić information content (AvgIpc) is 2.84. The molecule has 0 radical (unpaired) electrons. The van der Waals surface area contributed by atoms with Crippen LogP contribution in [-0.2, 0) is 9.53 Å². The Balaban J connectivity index is 1.92. The molecule has 2 bridgehead atoms. The van der Waals surface area contributed by atoms with Gasteiger partial charge < -0.3 is 30.3 Å². The van der Waals surface area contributed by atoms with E-state index in [1.807, 2.05) is 6.92 Å². The second-order valence-corrected chi connectivity index (χ2v) is 10.9. The minimum atomic E-state index is -2.26. The van der Waals surface area contributed by atoms with E-state index in [1.165, 1.54) is 7.11 Å². The molecule has 0 aromatic carbocycles. The van der Waals surface area contributed by atoms with Gasteiger partial charge in [-0.25, -0.2) is 0 Å². The zero-order valence-corrected chi connectivity index (χ0v) is 17.2. The van der Waals surface area contributed by atoms with Crippen LogP contribution in [0.4, 0.5) is 0 Å². The number of ether oxygens (including phenoxy) is 1. The van der Waals surface area contributed by atoms with Crippen LogP contribution in [0.5, 0.6) is 0 Å². The number of aliphatic hydroxyl groups is 5. The van der Waals surface area contributed by atoms with E-state index in [1.54, 1.807) is 0 Å². The first kappa shape index (κ1) is 20.7. The summed E-state index contributed by atoms with van der Waals surface area (Å²) in [5.41, 5.74) is -8.36. The highest BCUT2D eigenvalue weighted by Crippen LogP contribution is 2.74. The largest absolute Gasteiger partial charge is 0.383 e. The minimum absolute atomic E-state index is 0.0652. The maximum Gasteiger partial charge on any atom is 0.196 e. The molecule has 5 N–H and O–H groups in total. The van der Waals surface area contributed by atoms with Crippen LogP contribution in [0.1, 0.15) is 65.7 Å². The average molecular weight is 398 g/mol. The number of hydrogen-bond acceptors (Lipinski definition) is 7. The van der Waals surface area contributed by atoms with Gasteiger partial charge in [-0.15, -0.1) is 0 Å². The maximum atomic E-state index is 13.5. The van der Waals surface area contributed by atoms with Crippen molar-refractivity contribution < 1.29 is 35.1 Å². The molecule has 160 valence electrons. The quantitative estimate of drug-likeness (QED) is 0.429. The molecule has 0 heterocycles. The molecular formula is C21H34O7. The highest BCUT2D eigenvalue weighted by molar-refractivity contribution is 5.96. The van der Waals surface area contributed by atoms with E-state index in [2.05, 4.69) is 13.8 Å². The second-order valence-electron chi connectivity index (χ2n) is 10.9. The minimum Gasteiger partial charge on any atom is -0.383 e. The van der Waals surface area contributed by atoms with Crippen LogP contribution < -0.4 is 0 Å². The summed E-state index contributed by atoms with van der Waals surface area (Å²) in [4.78, 5) is 13.5. The first-order valence-corrected chi connectivity index (χ1v) is 10.4. The van der Waals surface area contributed by atoms with Crippen LogP contribution in [0, 0.1) is 22.2 Å². The van der Waals surface area contributed by atoms with Gasteiger partial charge in [0.2, 0.25) is 0 Å². The van der Waals surface area contributed by atoms with E-state index in [0.29, 0.717) is 12.8 Å². The van der Waals surface area contributed by atoms with E-state index >= 15 is 0 Å². The highest BCUT2D eigenvalue weighted by atomic mass is 16.6. The predicted octanol–water partition coefficient (Wildman–Crippen LogP) is 0.495. The Bertz CT molecular complexity index is 709. The third kappa shape index (κ3) is 1.94. The van der Waals surface area contributed by atoms with Crippen molar-refractivity contribution in [3.63, 3.8) is 0 Å². The Morgan fingerprint density at radius 2 is 1.71 bits per heavy atom. The topological polar surface area (TPSA) is 127 Å². The summed E-state index contributed by atoms with van der Waals surface area (Å²) < 4.78 is 4.91. The molecule has 1 spiro atoms. The molecule has 4 rings (SSSR count). The molecule has 7 heteroatoms. The van der Waals surface area contributed by atoms with Gasteiger partial charge in [-0.3, -0.25) is 4.79 Å². The third-order valence-electron chi connectivity index (χ3n) is 9.39. The Morgan fingerprint density at radius 3 is 2.32 bits per heavy atom. The highest BCUT2D eigenvalue weighted by Gasteiger charge is 2.84. The number of rotatable bonds is 2. The fourth-order valence-corrected chi connectivity index (χ4v) is 8.09. The summed E-state index contributed by atoms with van der Waals surface area (Å²) in [5, 5.41) is 55.8. The third-order valence-corrected chi connectivity index (χ3v) is 9.39. The van der Waals surface area contributed by atoms with E-state index in [-0.39, 0.29) is 24.2 Å². The van der Waals surface area contributed by atoms with Crippen molar-refractivity contribution in [1.29, 1.82) is 0 Å². The molecule has 28 heavy (non-hydrogen) atoms. The van der Waals surface area contributed by atoms with Gasteiger partial charge in [0, 0.05) is 17.9 Å². The first-order valence-electron chi connectivity index (χ1n) is 10.4. The van der Waals surface area contributed by atoms with Gasteiger partial charge in [0.1, 0.15) is 22.9 Å². The summed E-state index contributed by atoms with van der Waals surface area (Å²) >= 11 is 0. The van der Waals surface area contributed by atoms with E-state index in [4.69, 9.17) is 4.74 Å². The Kier molecular flexibility index (Phi) is 4.11. The number of hydrogen-bond donors (Lipinski definition) is 5. The molecule has 0 amide bonds. The Hall–Kier alpha value is -0.570. The maximum absolute atomic E-state index is 13.5. The summed E-state index contributed by atoms with van der Waals surface area (Å²) in [7, 11) is 1.19. The molecule has 1 unspecified atom stereocenters. The van der Waals surface area contributed by atoms with Crippen molar-refractivity contribution in [1.82, 2.24) is 0 Å². The number of carbonyl (C=O) groups excluding carboxylic acids is 1. The van der Waals surface area contributed by atoms with Crippen LogP contribution in [0.15, 0.2) is 0 Å². The molecule has 8 atom stereocenters. The molecule has 0 aromatic heterocycles. The Morgan fingerprint density at radius 1 is 1.07 bits per heavy atom. The van der Waals surface area contributed by atoms with Crippen molar-refractivity contribution in [2.45, 2.75) is 94.9 Å². The van der Waals surface area contributed by atoms with Crippen molar-refractivity contribution in [3.8, 4) is 0 Å². The van der Waals surface area contributed by atoms with E-state index < -0.39 is 45.8 Å². The summed E-state index contributed by atoms with van der Waals surface area (Å²) in [6, 6.07) is 0. The molecule has 0 aromatic rings. The fourth-order valence-electron chi connectivity index (χ4n) is 8.09. The molecular weight excluding hydrogens is 364 g/mol. The summed E-state index contributed by atoms with van der Waals surface area (Å²) in [6.45, 7) is 6.25. The molecule has 4 aliphatic carbocycles. The van der Waals surface area contributed by atoms with Crippen molar-refractivity contribution in [3.05, 3.63) is 0 Å². The number of ketones is 1. The smallest absolute Gasteiger partial charge is 0.196 e. The lowest BCUT2D eigenvalue weighted by Gasteiger charge is -2.67. The molecule has 0 aliphatic heterocycles. The normalized spacial score (nSPS) is 56.1. The van der Waals surface area contributed by atoms with Crippen LogP contribution in [-0.4, -0.2) is 67.6 Å². The van der Waals surface area contributed by atoms with Crippen LogP contribution in [0.3, 0.4) is 0 Å². The van der Waals surface area contributed by atoms with Crippen molar-refractivity contribution in [2.24, 2.45) is 22.2 Å². The molecule has 4 saturated carbocycles. The van der Waals surface area contributed by atoms with Crippen molar-refractivity contribution >= 4 is 5.78 Å². The summed E-state index contributed by atoms with van der Waals surface area (Å²) in [6.07, 6.45) is -0.436. The van der Waals surface area contributed by atoms with Gasteiger partial charge in [-0.05, 0) is 49.9 Å². The zero-order chi connectivity index (χ0) is 21.0. The number of Topliss-reactive ketones (excluding diaryl/α,β-unsaturated/α-hetero) is 1. The predicted molar refractivity (Wildman–Crippen MR) is 99.0 cm³/mol. The molecule has 4 aliphatic rings. The molecule has 0 saturated heterocycles. The lowest BCUT2D eigenvalue weighted by atomic mass is 9.38. The fraction of sp³-hybridized carbons (Fsp3) is 0.952. The van der Waals surface area contributed by atoms with Crippen molar-refractivity contribution in [2.75, 3.05) is 7.11 Å². The van der Waals surface area contributed by atoms with Crippen LogP contribution in [0.2, 0.25) is 0 Å². The van der Waals surface area contributed by atoms with E-state index in [9.17, 15) is 30.3 Å².